The summed E-state index contributed by atoms with van der Waals surface area (Å²) >= 11 is 5.44. The fourth-order valence-electron chi connectivity index (χ4n) is 2.36. The molecule has 1 N–H and O–H groups in total. The summed E-state index contributed by atoms with van der Waals surface area (Å²) in [5.41, 5.74) is 3.95. The Bertz CT molecular complexity index is 547. The van der Waals surface area contributed by atoms with Gasteiger partial charge in [0.25, 0.3) is 0 Å². The van der Waals surface area contributed by atoms with Crippen molar-refractivity contribution in [2.75, 3.05) is 6.54 Å². The van der Waals surface area contributed by atoms with Gasteiger partial charge in [-0.15, -0.1) is 0 Å². The van der Waals surface area contributed by atoms with E-state index in [-0.39, 0.29) is 6.04 Å². The van der Waals surface area contributed by atoms with Gasteiger partial charge in [-0.25, -0.2) is 0 Å². The van der Waals surface area contributed by atoms with Crippen LogP contribution in [0.4, 0.5) is 0 Å². The van der Waals surface area contributed by atoms with Crippen molar-refractivity contribution in [2.24, 2.45) is 0 Å². The van der Waals surface area contributed by atoms with Crippen molar-refractivity contribution in [3.8, 4) is 0 Å². The van der Waals surface area contributed by atoms with Crippen LogP contribution < -0.4 is 5.32 Å². The van der Waals surface area contributed by atoms with Crippen molar-refractivity contribution in [3.05, 3.63) is 38.3 Å². The first kappa shape index (κ1) is 15.7. The minimum absolute atomic E-state index is 0.213. The number of aromatic nitrogens is 2. The van der Waals surface area contributed by atoms with Crippen molar-refractivity contribution in [3.63, 3.8) is 0 Å². The fraction of sp³-hybridized carbons (Fsp3) is 0.533. The van der Waals surface area contributed by atoms with E-state index in [0.29, 0.717) is 0 Å². The molecule has 0 saturated carbocycles. The molecule has 0 aliphatic heterocycles. The molecule has 2 aromatic rings. The van der Waals surface area contributed by atoms with Crippen LogP contribution in [0.3, 0.4) is 0 Å². The molecule has 0 amide bonds. The SMILES string of the molecule is CCCNC(c1cscc1C)c1c(Br)cnn1CCC. The molecule has 0 fully saturated rings. The summed E-state index contributed by atoms with van der Waals surface area (Å²) in [7, 11) is 0. The molecule has 20 heavy (non-hydrogen) atoms. The van der Waals surface area contributed by atoms with E-state index >= 15 is 0 Å². The third-order valence-electron chi connectivity index (χ3n) is 3.35. The Hall–Kier alpha value is -0.650. The minimum Gasteiger partial charge on any atom is -0.305 e. The summed E-state index contributed by atoms with van der Waals surface area (Å²) in [5, 5.41) is 12.6. The molecule has 1 atom stereocenters. The fourth-order valence-corrected chi connectivity index (χ4v) is 3.76. The van der Waals surface area contributed by atoms with Crippen molar-refractivity contribution >= 4 is 27.3 Å². The highest BCUT2D eigenvalue weighted by Crippen LogP contribution is 2.32. The predicted octanol–water partition coefficient (Wildman–Crippen LogP) is 4.51. The lowest BCUT2D eigenvalue weighted by Crippen LogP contribution is -2.26. The average molecular weight is 356 g/mol. The highest BCUT2D eigenvalue weighted by molar-refractivity contribution is 9.10. The first-order valence-corrected chi connectivity index (χ1v) is 8.89. The zero-order valence-electron chi connectivity index (χ0n) is 12.3. The summed E-state index contributed by atoms with van der Waals surface area (Å²) in [5.74, 6) is 0. The van der Waals surface area contributed by atoms with Gasteiger partial charge in [-0.2, -0.15) is 16.4 Å². The maximum atomic E-state index is 4.51. The predicted molar refractivity (Wildman–Crippen MR) is 89.4 cm³/mol. The van der Waals surface area contributed by atoms with E-state index in [2.05, 4.69) is 62.6 Å². The smallest absolute Gasteiger partial charge is 0.0770 e. The Kier molecular flexibility index (Phi) is 5.81. The molecule has 2 aromatic heterocycles. The van der Waals surface area contributed by atoms with Crippen LogP contribution in [0.25, 0.3) is 0 Å². The molecule has 110 valence electrons. The van der Waals surface area contributed by atoms with E-state index in [9.17, 15) is 0 Å². The third kappa shape index (κ3) is 3.32. The standard InChI is InChI=1S/C15H22BrN3S/c1-4-6-17-14(12-10-20-9-11(12)3)15-13(16)8-18-19(15)7-5-2/h8-10,14,17H,4-7H2,1-3H3. The van der Waals surface area contributed by atoms with Crippen molar-refractivity contribution in [2.45, 2.75) is 46.2 Å². The van der Waals surface area contributed by atoms with Gasteiger partial charge in [-0.05, 0) is 64.1 Å². The number of thiophene rings is 1. The van der Waals surface area contributed by atoms with E-state index in [1.54, 1.807) is 11.3 Å². The van der Waals surface area contributed by atoms with Gasteiger partial charge in [0.1, 0.15) is 0 Å². The van der Waals surface area contributed by atoms with Crippen LogP contribution in [0.5, 0.6) is 0 Å². The third-order valence-corrected chi connectivity index (χ3v) is 4.84. The summed E-state index contributed by atoms with van der Waals surface area (Å²) < 4.78 is 3.21. The van der Waals surface area contributed by atoms with Crippen LogP contribution in [-0.2, 0) is 6.54 Å². The molecule has 0 radical (unpaired) electrons. The van der Waals surface area contributed by atoms with Gasteiger partial charge in [0.15, 0.2) is 0 Å². The first-order valence-electron chi connectivity index (χ1n) is 7.16. The van der Waals surface area contributed by atoms with E-state index in [1.807, 2.05) is 6.20 Å². The Morgan fingerprint density at radius 1 is 1.35 bits per heavy atom. The van der Waals surface area contributed by atoms with E-state index in [0.717, 1.165) is 30.4 Å². The molecule has 5 heteroatoms. The lowest BCUT2D eigenvalue weighted by Gasteiger charge is -2.21. The number of hydrogen-bond acceptors (Lipinski definition) is 3. The second kappa shape index (κ2) is 7.38. The highest BCUT2D eigenvalue weighted by atomic mass is 79.9. The van der Waals surface area contributed by atoms with Gasteiger partial charge >= 0.3 is 0 Å². The second-order valence-corrected chi connectivity index (χ2v) is 6.60. The number of hydrogen-bond donors (Lipinski definition) is 1. The van der Waals surface area contributed by atoms with Gasteiger partial charge in [0.05, 0.1) is 22.4 Å². The van der Waals surface area contributed by atoms with Crippen molar-refractivity contribution in [1.29, 1.82) is 0 Å². The van der Waals surface area contributed by atoms with Crippen LogP contribution in [0.15, 0.2) is 21.4 Å². The molecule has 0 spiro atoms. The maximum absolute atomic E-state index is 4.51. The molecular weight excluding hydrogens is 334 g/mol. The molecule has 0 saturated heterocycles. The molecule has 0 aliphatic carbocycles. The molecule has 3 nitrogen and oxygen atoms in total. The Labute approximate surface area is 133 Å². The topological polar surface area (TPSA) is 29.9 Å². The molecule has 0 bridgehead atoms. The largest absolute Gasteiger partial charge is 0.305 e. The average Bonchev–Trinajstić information content (AvgIpc) is 3.00. The Balaban J connectivity index is 2.41. The summed E-state index contributed by atoms with van der Waals surface area (Å²) in [6.07, 6.45) is 4.12. The van der Waals surface area contributed by atoms with E-state index in [1.165, 1.54) is 16.8 Å². The van der Waals surface area contributed by atoms with Crippen LogP contribution in [0.1, 0.15) is 49.6 Å². The second-order valence-electron chi connectivity index (χ2n) is 5.00. The van der Waals surface area contributed by atoms with Crippen LogP contribution in [-0.4, -0.2) is 16.3 Å². The quantitative estimate of drug-likeness (QED) is 0.791. The number of halogens is 1. The number of nitrogens with zero attached hydrogens (tertiary/aromatic N) is 2. The van der Waals surface area contributed by atoms with Crippen LogP contribution in [0.2, 0.25) is 0 Å². The maximum Gasteiger partial charge on any atom is 0.0770 e. The number of aryl methyl sites for hydroxylation is 2. The first-order chi connectivity index (χ1) is 9.69. The van der Waals surface area contributed by atoms with Crippen LogP contribution >= 0.6 is 27.3 Å². The monoisotopic (exact) mass is 355 g/mol. The number of rotatable bonds is 7. The van der Waals surface area contributed by atoms with Crippen LogP contribution in [0, 0.1) is 6.92 Å². The molecule has 1 unspecified atom stereocenters. The molecule has 0 aliphatic rings. The van der Waals surface area contributed by atoms with Gasteiger partial charge in [0.2, 0.25) is 0 Å². The summed E-state index contributed by atoms with van der Waals surface area (Å²) in [6, 6.07) is 0.213. The molecular formula is C15H22BrN3S. The lowest BCUT2D eigenvalue weighted by atomic mass is 10.0. The normalized spacial score (nSPS) is 12.8. The highest BCUT2D eigenvalue weighted by Gasteiger charge is 2.23. The van der Waals surface area contributed by atoms with E-state index in [4.69, 9.17) is 0 Å². The van der Waals surface area contributed by atoms with E-state index < -0.39 is 0 Å². The Morgan fingerprint density at radius 2 is 2.15 bits per heavy atom. The Morgan fingerprint density at radius 3 is 2.75 bits per heavy atom. The lowest BCUT2D eigenvalue weighted by molar-refractivity contribution is 0.510. The van der Waals surface area contributed by atoms with Crippen molar-refractivity contribution < 1.29 is 0 Å². The van der Waals surface area contributed by atoms with Gasteiger partial charge in [0, 0.05) is 6.54 Å². The van der Waals surface area contributed by atoms with Gasteiger partial charge in [-0.1, -0.05) is 13.8 Å². The summed E-state index contributed by atoms with van der Waals surface area (Å²) in [6.45, 7) is 8.52. The molecule has 2 heterocycles. The molecule has 0 aromatic carbocycles. The van der Waals surface area contributed by atoms with Crippen molar-refractivity contribution in [1.82, 2.24) is 15.1 Å². The summed E-state index contributed by atoms with van der Waals surface area (Å²) in [4.78, 5) is 0. The molecule has 2 rings (SSSR count). The minimum atomic E-state index is 0.213. The zero-order chi connectivity index (χ0) is 14.5. The van der Waals surface area contributed by atoms with Gasteiger partial charge in [-0.3, -0.25) is 4.68 Å². The van der Waals surface area contributed by atoms with Gasteiger partial charge < -0.3 is 5.32 Å². The number of nitrogens with one attached hydrogen (secondary N) is 1. The zero-order valence-corrected chi connectivity index (χ0v) is 14.7.